The summed E-state index contributed by atoms with van der Waals surface area (Å²) in [5.74, 6) is -0.483. The lowest BCUT2D eigenvalue weighted by molar-refractivity contribution is -0.136. The molecule has 1 aromatic heterocycles. The van der Waals surface area contributed by atoms with Crippen molar-refractivity contribution in [3.8, 4) is 0 Å². The Bertz CT molecular complexity index is 593. The quantitative estimate of drug-likeness (QED) is 0.899. The number of carboxylic acids is 1. The van der Waals surface area contributed by atoms with Gasteiger partial charge in [-0.15, -0.1) is 0 Å². The topological polar surface area (TPSA) is 55.1 Å². The molecular formula is C14H15FN2O2. The van der Waals surface area contributed by atoms with Crippen LogP contribution < -0.4 is 0 Å². The normalized spacial score (nSPS) is 10.6. The summed E-state index contributed by atoms with van der Waals surface area (Å²) in [5, 5.41) is 8.83. The lowest BCUT2D eigenvalue weighted by Crippen LogP contribution is -2.10. The first-order valence-electron chi connectivity index (χ1n) is 6.10. The van der Waals surface area contributed by atoms with E-state index in [1.54, 1.807) is 24.4 Å². The summed E-state index contributed by atoms with van der Waals surface area (Å²) in [6.07, 6.45) is 1.84. The lowest BCUT2D eigenvalue weighted by atomic mass is 10.1. The Kier molecular flexibility index (Phi) is 3.94. The Balaban J connectivity index is 2.28. The number of aliphatic carboxylic acids is 1. The van der Waals surface area contributed by atoms with Gasteiger partial charge in [-0.25, -0.2) is 9.37 Å². The van der Waals surface area contributed by atoms with Crippen LogP contribution in [0.5, 0.6) is 0 Å². The van der Waals surface area contributed by atoms with Crippen molar-refractivity contribution in [1.82, 2.24) is 9.55 Å². The minimum Gasteiger partial charge on any atom is -0.481 e. The van der Waals surface area contributed by atoms with E-state index in [2.05, 4.69) is 4.98 Å². The number of hydrogen-bond acceptors (Lipinski definition) is 2. The molecule has 0 amide bonds. The lowest BCUT2D eigenvalue weighted by Gasteiger charge is -2.08. The van der Waals surface area contributed by atoms with E-state index in [9.17, 15) is 9.18 Å². The van der Waals surface area contributed by atoms with E-state index < -0.39 is 5.97 Å². The number of aromatic nitrogens is 2. The van der Waals surface area contributed by atoms with Gasteiger partial charge >= 0.3 is 5.97 Å². The third kappa shape index (κ3) is 2.99. The molecule has 0 unspecified atom stereocenters. The van der Waals surface area contributed by atoms with Crippen LogP contribution >= 0.6 is 0 Å². The Morgan fingerprint density at radius 1 is 1.42 bits per heavy atom. The van der Waals surface area contributed by atoms with Crippen LogP contribution in [0.1, 0.15) is 24.0 Å². The highest BCUT2D eigenvalue weighted by molar-refractivity contribution is 5.69. The van der Waals surface area contributed by atoms with E-state index >= 15 is 0 Å². The van der Waals surface area contributed by atoms with Crippen molar-refractivity contribution in [2.75, 3.05) is 0 Å². The summed E-state index contributed by atoms with van der Waals surface area (Å²) in [7, 11) is 0. The van der Waals surface area contributed by atoms with E-state index in [0.717, 1.165) is 0 Å². The third-order valence-corrected chi connectivity index (χ3v) is 2.98. The summed E-state index contributed by atoms with van der Waals surface area (Å²) >= 11 is 0. The molecule has 2 aromatic rings. The SMILES string of the molecule is CCn1c(CC(=O)O)cnc1Cc1ccccc1F. The predicted molar refractivity (Wildman–Crippen MR) is 68.4 cm³/mol. The summed E-state index contributed by atoms with van der Waals surface area (Å²) in [4.78, 5) is 15.0. The predicted octanol–water partition coefficient (Wildman–Crippen LogP) is 2.26. The molecule has 1 aromatic carbocycles. The number of benzene rings is 1. The molecule has 1 heterocycles. The minimum atomic E-state index is -0.896. The van der Waals surface area contributed by atoms with Crippen molar-refractivity contribution in [1.29, 1.82) is 0 Å². The fourth-order valence-corrected chi connectivity index (χ4v) is 2.09. The van der Waals surface area contributed by atoms with Crippen molar-refractivity contribution in [2.45, 2.75) is 26.3 Å². The van der Waals surface area contributed by atoms with Crippen LogP contribution in [0.2, 0.25) is 0 Å². The molecule has 0 atom stereocenters. The van der Waals surface area contributed by atoms with Gasteiger partial charge in [0.1, 0.15) is 11.6 Å². The van der Waals surface area contributed by atoms with Gasteiger partial charge in [-0.3, -0.25) is 4.79 Å². The number of carboxylic acid groups (broad SMARTS) is 1. The molecule has 0 aliphatic rings. The molecule has 2 rings (SSSR count). The average Bonchev–Trinajstić information content (AvgIpc) is 2.73. The number of carbonyl (C=O) groups is 1. The van der Waals surface area contributed by atoms with Crippen molar-refractivity contribution >= 4 is 5.97 Å². The fraction of sp³-hybridized carbons (Fsp3) is 0.286. The summed E-state index contributed by atoms with van der Waals surface area (Å²) in [6.45, 7) is 2.53. The molecule has 0 fully saturated rings. The van der Waals surface area contributed by atoms with Crippen LogP contribution in [0, 0.1) is 5.82 Å². The molecule has 0 bridgehead atoms. The monoisotopic (exact) mass is 262 g/mol. The first kappa shape index (κ1) is 13.3. The largest absolute Gasteiger partial charge is 0.481 e. The Morgan fingerprint density at radius 3 is 2.79 bits per heavy atom. The maximum Gasteiger partial charge on any atom is 0.309 e. The number of halogens is 1. The number of rotatable bonds is 5. The molecule has 19 heavy (non-hydrogen) atoms. The number of imidazole rings is 1. The maximum atomic E-state index is 13.6. The number of hydrogen-bond donors (Lipinski definition) is 1. The Morgan fingerprint density at radius 2 is 2.16 bits per heavy atom. The van der Waals surface area contributed by atoms with E-state index in [-0.39, 0.29) is 12.2 Å². The van der Waals surface area contributed by atoms with Crippen LogP contribution in [-0.4, -0.2) is 20.6 Å². The van der Waals surface area contributed by atoms with E-state index in [1.165, 1.54) is 6.07 Å². The molecule has 1 N–H and O–H groups in total. The fourth-order valence-electron chi connectivity index (χ4n) is 2.09. The molecule has 0 aliphatic carbocycles. The van der Waals surface area contributed by atoms with Crippen LogP contribution in [-0.2, 0) is 24.2 Å². The molecule has 0 saturated heterocycles. The molecular weight excluding hydrogens is 247 g/mol. The number of nitrogens with zero attached hydrogens (tertiary/aromatic N) is 2. The zero-order chi connectivity index (χ0) is 13.8. The molecule has 100 valence electrons. The van der Waals surface area contributed by atoms with Gasteiger partial charge in [-0.1, -0.05) is 18.2 Å². The smallest absolute Gasteiger partial charge is 0.309 e. The summed E-state index contributed by atoms with van der Waals surface area (Å²) in [5.41, 5.74) is 1.20. The molecule has 4 nitrogen and oxygen atoms in total. The van der Waals surface area contributed by atoms with Gasteiger partial charge in [-0.2, -0.15) is 0 Å². The van der Waals surface area contributed by atoms with Gasteiger partial charge < -0.3 is 9.67 Å². The highest BCUT2D eigenvalue weighted by Gasteiger charge is 2.13. The summed E-state index contributed by atoms with van der Waals surface area (Å²) < 4.78 is 15.4. The second-order valence-electron chi connectivity index (χ2n) is 4.25. The molecule has 5 heteroatoms. The second kappa shape index (κ2) is 5.65. The average molecular weight is 262 g/mol. The maximum absolute atomic E-state index is 13.6. The highest BCUT2D eigenvalue weighted by Crippen LogP contribution is 2.14. The van der Waals surface area contributed by atoms with Gasteiger partial charge in [-0.05, 0) is 18.6 Å². The zero-order valence-electron chi connectivity index (χ0n) is 10.6. The van der Waals surface area contributed by atoms with Crippen molar-refractivity contribution in [2.24, 2.45) is 0 Å². The van der Waals surface area contributed by atoms with Gasteiger partial charge in [0.15, 0.2) is 0 Å². The van der Waals surface area contributed by atoms with Gasteiger partial charge in [0.25, 0.3) is 0 Å². The van der Waals surface area contributed by atoms with E-state index in [0.29, 0.717) is 30.0 Å². The zero-order valence-corrected chi connectivity index (χ0v) is 10.6. The second-order valence-corrected chi connectivity index (χ2v) is 4.25. The van der Waals surface area contributed by atoms with Crippen molar-refractivity contribution in [3.05, 3.63) is 53.4 Å². The van der Waals surface area contributed by atoms with Crippen LogP contribution in [0.4, 0.5) is 4.39 Å². The molecule has 0 radical (unpaired) electrons. The minimum absolute atomic E-state index is 0.0713. The van der Waals surface area contributed by atoms with Gasteiger partial charge in [0, 0.05) is 24.9 Å². The third-order valence-electron chi connectivity index (χ3n) is 2.98. The standard InChI is InChI=1S/C14H15FN2O2/c1-2-17-11(8-14(18)19)9-16-13(17)7-10-5-3-4-6-12(10)15/h3-6,9H,2,7-8H2,1H3,(H,18,19). The first-order chi connectivity index (χ1) is 9.11. The van der Waals surface area contributed by atoms with Crippen LogP contribution in [0.15, 0.2) is 30.5 Å². The Hall–Kier alpha value is -2.17. The van der Waals surface area contributed by atoms with E-state index in [4.69, 9.17) is 5.11 Å². The van der Waals surface area contributed by atoms with Crippen molar-refractivity contribution in [3.63, 3.8) is 0 Å². The van der Waals surface area contributed by atoms with Crippen molar-refractivity contribution < 1.29 is 14.3 Å². The van der Waals surface area contributed by atoms with E-state index in [1.807, 2.05) is 11.5 Å². The summed E-state index contributed by atoms with van der Waals surface area (Å²) in [6, 6.07) is 6.53. The molecule has 0 saturated carbocycles. The van der Waals surface area contributed by atoms with Gasteiger partial charge in [0.2, 0.25) is 0 Å². The molecule has 0 spiro atoms. The Labute approximate surface area is 110 Å². The van der Waals surface area contributed by atoms with Crippen LogP contribution in [0.25, 0.3) is 0 Å². The van der Waals surface area contributed by atoms with Gasteiger partial charge in [0.05, 0.1) is 6.42 Å². The highest BCUT2D eigenvalue weighted by atomic mass is 19.1. The first-order valence-corrected chi connectivity index (χ1v) is 6.10. The molecule has 0 aliphatic heterocycles. The van der Waals surface area contributed by atoms with Crippen LogP contribution in [0.3, 0.4) is 0 Å².